The molecule has 0 saturated carbocycles. The Bertz CT molecular complexity index is 1330. The Morgan fingerprint density at radius 3 is 2.41 bits per heavy atom. The lowest BCUT2D eigenvalue weighted by Crippen LogP contribution is -2.20. The summed E-state index contributed by atoms with van der Waals surface area (Å²) in [4.78, 5) is 16.7. The highest BCUT2D eigenvalue weighted by Gasteiger charge is 2.32. The zero-order chi connectivity index (χ0) is 24.3. The van der Waals surface area contributed by atoms with Gasteiger partial charge in [0, 0.05) is 54.7 Å². The van der Waals surface area contributed by atoms with Crippen LogP contribution < -0.4 is 15.4 Å². The van der Waals surface area contributed by atoms with Crippen molar-refractivity contribution in [3.63, 3.8) is 0 Å². The molecule has 0 fully saturated rings. The van der Waals surface area contributed by atoms with Crippen LogP contribution in [0.3, 0.4) is 0 Å². The number of aromatic nitrogens is 2. The molecule has 2 aromatic carbocycles. The van der Waals surface area contributed by atoms with Crippen LogP contribution in [0.1, 0.15) is 11.1 Å². The molecule has 4 rings (SSSR count). The minimum atomic E-state index is -4.50. The third kappa shape index (κ3) is 5.55. The second-order valence-corrected chi connectivity index (χ2v) is 7.68. The summed E-state index contributed by atoms with van der Waals surface area (Å²) in [5.41, 5.74) is 1.43. The summed E-state index contributed by atoms with van der Waals surface area (Å²) in [6, 6.07) is 15.1. The number of aryl methyl sites for hydroxylation is 2. The first-order valence-electron chi connectivity index (χ1n) is 10.3. The van der Waals surface area contributed by atoms with E-state index in [2.05, 4.69) is 15.6 Å². The van der Waals surface area contributed by atoms with Gasteiger partial charge in [-0.2, -0.15) is 13.2 Å². The maximum Gasteiger partial charge on any atom is 0.416 e. The summed E-state index contributed by atoms with van der Waals surface area (Å²) in [7, 11) is 1.92. The van der Waals surface area contributed by atoms with Crippen LogP contribution in [0.4, 0.5) is 29.3 Å². The summed E-state index contributed by atoms with van der Waals surface area (Å²) in [5.74, 6) is 1.03. The van der Waals surface area contributed by atoms with Gasteiger partial charge in [-0.15, -0.1) is 0 Å². The van der Waals surface area contributed by atoms with Crippen LogP contribution in [-0.4, -0.2) is 15.6 Å². The number of alkyl halides is 3. The van der Waals surface area contributed by atoms with Crippen molar-refractivity contribution < 1.29 is 22.7 Å². The number of rotatable bonds is 5. The standard InChI is InChI=1S/C25H21F3N4O2/c1-16-6-7-19(13-22(16)25(26,27)28)31-24(33)30-18-4-3-5-20(12-18)34-21-8-10-29-23(14-21)17-9-11-32(2)15-17/h3-15H,1-2H3,(H2,30,31,33). The molecule has 0 atom stereocenters. The lowest BCUT2D eigenvalue weighted by atomic mass is 10.1. The third-order valence-electron chi connectivity index (χ3n) is 4.99. The molecule has 2 aromatic heterocycles. The number of urea groups is 1. The molecule has 0 radical (unpaired) electrons. The highest BCUT2D eigenvalue weighted by molar-refractivity contribution is 5.99. The highest BCUT2D eigenvalue weighted by atomic mass is 19.4. The predicted molar refractivity (Wildman–Crippen MR) is 124 cm³/mol. The maximum atomic E-state index is 13.1. The zero-order valence-electron chi connectivity index (χ0n) is 18.4. The molecule has 174 valence electrons. The van der Waals surface area contributed by atoms with Crippen molar-refractivity contribution in [1.29, 1.82) is 0 Å². The van der Waals surface area contributed by atoms with E-state index in [4.69, 9.17) is 4.74 Å². The molecule has 2 heterocycles. The lowest BCUT2D eigenvalue weighted by Gasteiger charge is -2.13. The Kier molecular flexibility index (Phi) is 6.27. The number of amides is 2. The van der Waals surface area contributed by atoms with Crippen molar-refractivity contribution in [2.45, 2.75) is 13.1 Å². The molecule has 34 heavy (non-hydrogen) atoms. The van der Waals surface area contributed by atoms with Crippen molar-refractivity contribution in [3.05, 3.63) is 90.4 Å². The second-order valence-electron chi connectivity index (χ2n) is 7.68. The summed E-state index contributed by atoms with van der Waals surface area (Å²) in [6.07, 6.45) is 1.01. The third-order valence-corrected chi connectivity index (χ3v) is 4.99. The number of halogens is 3. The van der Waals surface area contributed by atoms with E-state index in [0.29, 0.717) is 17.2 Å². The van der Waals surface area contributed by atoms with Gasteiger partial charge < -0.3 is 19.9 Å². The Balaban J connectivity index is 1.44. The molecule has 0 bridgehead atoms. The van der Waals surface area contributed by atoms with Gasteiger partial charge in [-0.05, 0) is 48.9 Å². The monoisotopic (exact) mass is 466 g/mol. The summed E-state index contributed by atoms with van der Waals surface area (Å²) in [5, 5.41) is 5.03. The Hall–Kier alpha value is -4.27. The lowest BCUT2D eigenvalue weighted by molar-refractivity contribution is -0.138. The van der Waals surface area contributed by atoms with E-state index < -0.39 is 17.8 Å². The molecule has 2 N–H and O–H groups in total. The molecule has 0 aliphatic rings. The van der Waals surface area contributed by atoms with Crippen LogP contribution in [0.2, 0.25) is 0 Å². The average molecular weight is 466 g/mol. The molecule has 9 heteroatoms. The smallest absolute Gasteiger partial charge is 0.416 e. The second kappa shape index (κ2) is 9.30. The molecule has 6 nitrogen and oxygen atoms in total. The summed E-state index contributed by atoms with van der Waals surface area (Å²) >= 11 is 0. The van der Waals surface area contributed by atoms with Gasteiger partial charge in [-0.1, -0.05) is 12.1 Å². The largest absolute Gasteiger partial charge is 0.457 e. The minimum Gasteiger partial charge on any atom is -0.457 e. The van der Waals surface area contributed by atoms with Crippen LogP contribution >= 0.6 is 0 Å². The molecule has 0 aliphatic heterocycles. The van der Waals surface area contributed by atoms with Gasteiger partial charge in [0.1, 0.15) is 11.5 Å². The van der Waals surface area contributed by atoms with E-state index in [1.165, 1.54) is 19.1 Å². The highest BCUT2D eigenvalue weighted by Crippen LogP contribution is 2.33. The van der Waals surface area contributed by atoms with E-state index in [-0.39, 0.29) is 11.3 Å². The molecule has 0 saturated heterocycles. The number of nitrogens with one attached hydrogen (secondary N) is 2. The molecular weight excluding hydrogens is 445 g/mol. The van der Waals surface area contributed by atoms with Crippen molar-refractivity contribution in [2.24, 2.45) is 7.05 Å². The first-order chi connectivity index (χ1) is 16.2. The van der Waals surface area contributed by atoms with E-state index in [9.17, 15) is 18.0 Å². The molecule has 0 unspecified atom stereocenters. The van der Waals surface area contributed by atoms with Crippen molar-refractivity contribution in [2.75, 3.05) is 10.6 Å². The maximum absolute atomic E-state index is 13.1. The Morgan fingerprint density at radius 2 is 1.71 bits per heavy atom. The molecule has 4 aromatic rings. The van der Waals surface area contributed by atoms with E-state index in [0.717, 1.165) is 17.3 Å². The zero-order valence-corrected chi connectivity index (χ0v) is 18.4. The number of anilines is 2. The topological polar surface area (TPSA) is 68.2 Å². The predicted octanol–water partition coefficient (Wildman–Crippen LogP) is 6.85. The van der Waals surface area contributed by atoms with Gasteiger partial charge in [0.15, 0.2) is 0 Å². The molecular formula is C25H21F3N4O2. The number of benzene rings is 2. The van der Waals surface area contributed by atoms with Crippen LogP contribution in [-0.2, 0) is 13.2 Å². The van der Waals surface area contributed by atoms with Crippen LogP contribution in [0.25, 0.3) is 11.3 Å². The van der Waals surface area contributed by atoms with Gasteiger partial charge in [0.25, 0.3) is 0 Å². The van der Waals surface area contributed by atoms with E-state index in [1.54, 1.807) is 42.6 Å². The van der Waals surface area contributed by atoms with Crippen LogP contribution in [0, 0.1) is 6.92 Å². The fourth-order valence-corrected chi connectivity index (χ4v) is 3.36. The van der Waals surface area contributed by atoms with Gasteiger partial charge >= 0.3 is 12.2 Å². The number of nitrogens with zero attached hydrogens (tertiary/aromatic N) is 2. The van der Waals surface area contributed by atoms with Crippen molar-refractivity contribution in [1.82, 2.24) is 9.55 Å². The van der Waals surface area contributed by atoms with Crippen molar-refractivity contribution in [3.8, 4) is 22.8 Å². The summed E-state index contributed by atoms with van der Waals surface area (Å²) < 4.78 is 47.2. The molecule has 0 spiro atoms. The van der Waals surface area contributed by atoms with Crippen LogP contribution in [0.15, 0.2) is 79.3 Å². The number of ether oxygens (including phenoxy) is 1. The number of pyridine rings is 1. The average Bonchev–Trinajstić information content (AvgIpc) is 3.21. The van der Waals surface area contributed by atoms with Crippen LogP contribution in [0.5, 0.6) is 11.5 Å². The normalized spacial score (nSPS) is 11.2. The van der Waals surface area contributed by atoms with Crippen molar-refractivity contribution >= 4 is 17.4 Å². The van der Waals surface area contributed by atoms with Gasteiger partial charge in [-0.3, -0.25) is 4.98 Å². The van der Waals surface area contributed by atoms with Gasteiger partial charge in [-0.25, -0.2) is 4.79 Å². The Morgan fingerprint density at radius 1 is 0.971 bits per heavy atom. The first-order valence-corrected chi connectivity index (χ1v) is 10.3. The number of carbonyl (C=O) groups excluding carboxylic acids is 1. The molecule has 2 amide bonds. The summed E-state index contributed by atoms with van der Waals surface area (Å²) in [6.45, 7) is 1.36. The van der Waals surface area contributed by atoms with E-state index in [1.807, 2.05) is 30.1 Å². The van der Waals surface area contributed by atoms with Gasteiger partial charge in [0.05, 0.1) is 11.3 Å². The fraction of sp³-hybridized carbons (Fsp3) is 0.120. The first kappa shape index (κ1) is 22.9. The minimum absolute atomic E-state index is 0.0352. The SMILES string of the molecule is Cc1ccc(NC(=O)Nc2cccc(Oc3ccnc(-c4ccn(C)c4)c3)c2)cc1C(F)(F)F. The van der Waals surface area contributed by atoms with E-state index >= 15 is 0 Å². The number of hydrogen-bond acceptors (Lipinski definition) is 3. The fourth-order valence-electron chi connectivity index (χ4n) is 3.36. The Labute approximate surface area is 194 Å². The number of carbonyl (C=O) groups is 1. The number of hydrogen-bond donors (Lipinski definition) is 2. The molecule has 0 aliphatic carbocycles. The van der Waals surface area contributed by atoms with Gasteiger partial charge in [0.2, 0.25) is 0 Å². The quantitative estimate of drug-likeness (QED) is 0.338.